The molecule has 0 unspecified atom stereocenters. The Balaban J connectivity index is 1.97. The lowest BCUT2D eigenvalue weighted by molar-refractivity contribution is 0.0694. The Morgan fingerprint density at radius 1 is 1.35 bits per heavy atom. The van der Waals surface area contributed by atoms with Gasteiger partial charge in [0.15, 0.2) is 0 Å². The fraction of sp³-hybridized carbons (Fsp3) is 0.750. The number of methoxy groups -OCH3 is 1. The van der Waals surface area contributed by atoms with Crippen molar-refractivity contribution in [2.24, 2.45) is 0 Å². The number of hydrogen-bond acceptors (Lipinski definition) is 4. The second-order valence-corrected chi connectivity index (χ2v) is 3.76. The molecule has 1 N–H and O–H groups in total. The summed E-state index contributed by atoms with van der Waals surface area (Å²) in [5, 5.41) is 3.36. The molecule has 0 fully saturated rings. The number of aryl methyl sites for hydroxylation is 1. The molecule has 1 aromatic rings. The summed E-state index contributed by atoms with van der Waals surface area (Å²) in [5.74, 6) is 1.09. The Hall–Kier alpha value is -0.910. The van der Waals surface area contributed by atoms with Gasteiger partial charge >= 0.3 is 0 Å². The minimum absolute atomic E-state index is 0.668. The highest BCUT2D eigenvalue weighted by Gasteiger charge is 1.99. The van der Waals surface area contributed by atoms with E-state index in [0.717, 1.165) is 38.5 Å². The predicted octanol–water partition coefficient (Wildman–Crippen LogP) is 1.05. The number of rotatable bonds is 10. The first kappa shape index (κ1) is 14.2. The van der Waals surface area contributed by atoms with Crippen molar-refractivity contribution in [3.8, 4) is 0 Å². The van der Waals surface area contributed by atoms with E-state index in [2.05, 4.69) is 21.8 Å². The van der Waals surface area contributed by atoms with Crippen LogP contribution in [0.3, 0.4) is 0 Å². The first-order valence-electron chi connectivity index (χ1n) is 6.16. The zero-order valence-corrected chi connectivity index (χ0v) is 10.8. The van der Waals surface area contributed by atoms with Gasteiger partial charge in [-0.05, 0) is 19.9 Å². The molecule has 5 heteroatoms. The van der Waals surface area contributed by atoms with Gasteiger partial charge in [-0.25, -0.2) is 4.98 Å². The molecule has 0 aromatic carbocycles. The van der Waals surface area contributed by atoms with Crippen molar-refractivity contribution in [2.45, 2.75) is 26.4 Å². The van der Waals surface area contributed by atoms with Gasteiger partial charge in [0.05, 0.1) is 19.8 Å². The van der Waals surface area contributed by atoms with Crippen LogP contribution in [0.4, 0.5) is 0 Å². The van der Waals surface area contributed by atoms with Crippen molar-refractivity contribution in [3.63, 3.8) is 0 Å². The summed E-state index contributed by atoms with van der Waals surface area (Å²) in [6.07, 6.45) is 4.86. The topological polar surface area (TPSA) is 48.3 Å². The average Bonchev–Trinajstić information content (AvgIpc) is 2.80. The Morgan fingerprint density at radius 3 is 3.00 bits per heavy atom. The highest BCUT2D eigenvalue weighted by atomic mass is 16.5. The number of nitrogens with zero attached hydrogens (tertiary/aromatic N) is 2. The fourth-order valence-electron chi connectivity index (χ4n) is 1.54. The average molecular weight is 241 g/mol. The molecule has 98 valence electrons. The minimum atomic E-state index is 0.668. The molecule has 0 aliphatic carbocycles. The zero-order chi connectivity index (χ0) is 12.3. The molecule has 1 rings (SSSR count). The van der Waals surface area contributed by atoms with Gasteiger partial charge < -0.3 is 19.4 Å². The van der Waals surface area contributed by atoms with Crippen LogP contribution in [0, 0.1) is 0 Å². The van der Waals surface area contributed by atoms with Crippen molar-refractivity contribution in [3.05, 3.63) is 18.2 Å². The molecule has 0 amide bonds. The van der Waals surface area contributed by atoms with E-state index in [0.29, 0.717) is 13.2 Å². The molecular formula is C12H23N3O2. The molecule has 0 spiro atoms. The summed E-state index contributed by atoms with van der Waals surface area (Å²) in [6, 6.07) is 0. The summed E-state index contributed by atoms with van der Waals surface area (Å²) in [5.41, 5.74) is 0. The normalized spacial score (nSPS) is 10.9. The van der Waals surface area contributed by atoms with Gasteiger partial charge in [0.25, 0.3) is 0 Å². The lowest BCUT2D eigenvalue weighted by atomic mass is 10.4. The maximum absolute atomic E-state index is 5.37. The number of hydrogen-bond donors (Lipinski definition) is 1. The quantitative estimate of drug-likeness (QED) is 0.622. The number of ether oxygens (including phenoxy) is 2. The third-order valence-corrected chi connectivity index (χ3v) is 2.50. The predicted molar refractivity (Wildman–Crippen MR) is 66.9 cm³/mol. The van der Waals surface area contributed by atoms with Crippen molar-refractivity contribution in [1.82, 2.24) is 14.9 Å². The smallest absolute Gasteiger partial charge is 0.122 e. The van der Waals surface area contributed by atoms with Crippen LogP contribution in [0.2, 0.25) is 0 Å². The third-order valence-electron chi connectivity index (χ3n) is 2.50. The lowest BCUT2D eigenvalue weighted by Gasteiger charge is -2.07. The molecule has 0 aliphatic heterocycles. The maximum Gasteiger partial charge on any atom is 0.122 e. The summed E-state index contributed by atoms with van der Waals surface area (Å²) >= 11 is 0. The molecule has 0 saturated carbocycles. The van der Waals surface area contributed by atoms with E-state index in [9.17, 15) is 0 Å². The van der Waals surface area contributed by atoms with E-state index in [1.165, 1.54) is 0 Å². The van der Waals surface area contributed by atoms with E-state index in [4.69, 9.17) is 9.47 Å². The number of aromatic nitrogens is 2. The molecule has 0 radical (unpaired) electrons. The molecular weight excluding hydrogens is 218 g/mol. The highest BCUT2D eigenvalue weighted by Crippen LogP contribution is 1.96. The third kappa shape index (κ3) is 5.81. The molecule has 1 heterocycles. The molecule has 0 bridgehead atoms. The van der Waals surface area contributed by atoms with Gasteiger partial charge in [0, 0.05) is 32.7 Å². The fourth-order valence-corrected chi connectivity index (χ4v) is 1.54. The summed E-state index contributed by atoms with van der Waals surface area (Å²) in [4.78, 5) is 4.30. The molecule has 1 aromatic heterocycles. The maximum atomic E-state index is 5.37. The van der Waals surface area contributed by atoms with E-state index in [1.54, 1.807) is 7.11 Å². The van der Waals surface area contributed by atoms with Crippen molar-refractivity contribution >= 4 is 0 Å². The van der Waals surface area contributed by atoms with Crippen LogP contribution in [-0.2, 0) is 22.6 Å². The van der Waals surface area contributed by atoms with Gasteiger partial charge in [0.2, 0.25) is 0 Å². The Bertz CT molecular complexity index is 289. The molecule has 0 aliphatic rings. The largest absolute Gasteiger partial charge is 0.382 e. The van der Waals surface area contributed by atoms with Gasteiger partial charge in [-0.1, -0.05) is 0 Å². The Morgan fingerprint density at radius 2 is 2.24 bits per heavy atom. The standard InChI is InChI=1S/C12H23N3O2/c1-3-15-7-6-14-12(15)11-13-5-4-8-17-10-9-16-2/h6-7,13H,3-5,8-11H2,1-2H3. The molecule has 5 nitrogen and oxygen atoms in total. The van der Waals surface area contributed by atoms with Crippen molar-refractivity contribution in [1.29, 1.82) is 0 Å². The number of imidazole rings is 1. The zero-order valence-electron chi connectivity index (χ0n) is 10.8. The van der Waals surface area contributed by atoms with Gasteiger partial charge in [-0.2, -0.15) is 0 Å². The van der Waals surface area contributed by atoms with E-state index < -0.39 is 0 Å². The van der Waals surface area contributed by atoms with Crippen molar-refractivity contribution < 1.29 is 9.47 Å². The van der Waals surface area contributed by atoms with Crippen molar-refractivity contribution in [2.75, 3.05) is 33.5 Å². The van der Waals surface area contributed by atoms with Crippen LogP contribution in [0.15, 0.2) is 12.4 Å². The van der Waals surface area contributed by atoms with Crippen LogP contribution in [0.5, 0.6) is 0 Å². The Kier molecular flexibility index (Phi) is 7.62. The Labute approximate surface area is 103 Å². The summed E-state index contributed by atoms with van der Waals surface area (Å²) in [7, 11) is 1.68. The molecule has 0 saturated heterocycles. The lowest BCUT2D eigenvalue weighted by Crippen LogP contribution is -2.19. The van der Waals surface area contributed by atoms with E-state index >= 15 is 0 Å². The molecule has 0 atom stereocenters. The van der Waals surface area contributed by atoms with Crippen LogP contribution >= 0.6 is 0 Å². The first-order valence-corrected chi connectivity index (χ1v) is 6.16. The monoisotopic (exact) mass is 241 g/mol. The minimum Gasteiger partial charge on any atom is -0.382 e. The van der Waals surface area contributed by atoms with Crippen LogP contribution < -0.4 is 5.32 Å². The SMILES string of the molecule is CCn1ccnc1CNCCCOCCOC. The molecule has 17 heavy (non-hydrogen) atoms. The van der Waals surface area contributed by atoms with Crippen LogP contribution in [0.25, 0.3) is 0 Å². The summed E-state index contributed by atoms with van der Waals surface area (Å²) in [6.45, 7) is 6.98. The van der Waals surface area contributed by atoms with Gasteiger partial charge in [-0.15, -0.1) is 0 Å². The van der Waals surface area contributed by atoms with E-state index in [-0.39, 0.29) is 0 Å². The van der Waals surface area contributed by atoms with Crippen LogP contribution in [0.1, 0.15) is 19.2 Å². The second-order valence-electron chi connectivity index (χ2n) is 3.76. The van der Waals surface area contributed by atoms with Crippen LogP contribution in [-0.4, -0.2) is 43.0 Å². The van der Waals surface area contributed by atoms with Gasteiger partial charge in [-0.3, -0.25) is 0 Å². The highest BCUT2D eigenvalue weighted by molar-refractivity contribution is 4.91. The second kappa shape index (κ2) is 9.15. The number of nitrogens with one attached hydrogen (secondary N) is 1. The van der Waals surface area contributed by atoms with E-state index in [1.807, 2.05) is 12.4 Å². The van der Waals surface area contributed by atoms with Gasteiger partial charge in [0.1, 0.15) is 5.82 Å². The first-order chi connectivity index (χ1) is 8.38. The summed E-state index contributed by atoms with van der Waals surface area (Å²) < 4.78 is 12.4.